The van der Waals surface area contributed by atoms with E-state index < -0.39 is 0 Å². The molecule has 14 heavy (non-hydrogen) atoms. The summed E-state index contributed by atoms with van der Waals surface area (Å²) >= 11 is 0. The summed E-state index contributed by atoms with van der Waals surface area (Å²) in [6, 6.07) is 0. The molecule has 1 fully saturated rings. The van der Waals surface area contributed by atoms with Crippen molar-refractivity contribution >= 4 is 0 Å². The molecule has 0 atom stereocenters. The van der Waals surface area contributed by atoms with Gasteiger partial charge >= 0.3 is 0 Å². The van der Waals surface area contributed by atoms with Crippen LogP contribution in [0, 0.1) is 5.41 Å². The van der Waals surface area contributed by atoms with Crippen LogP contribution in [0.25, 0.3) is 0 Å². The summed E-state index contributed by atoms with van der Waals surface area (Å²) in [5.41, 5.74) is 0.709. The molecule has 0 aliphatic heterocycles. The molecule has 1 aliphatic rings. The first-order chi connectivity index (χ1) is 6.83. The van der Waals surface area contributed by atoms with Crippen LogP contribution in [0.2, 0.25) is 0 Å². The van der Waals surface area contributed by atoms with Crippen LogP contribution in [0.15, 0.2) is 0 Å². The van der Waals surface area contributed by atoms with Crippen LogP contribution in [0.4, 0.5) is 0 Å². The van der Waals surface area contributed by atoms with Gasteiger partial charge in [0, 0.05) is 6.54 Å². The molecule has 0 amide bonds. The standard InChI is InChI=1S/C13H27N/c1-3-4-5-6-7-9-13(12-14-2)10-8-11-13/h14H,3-12H2,1-2H3. The van der Waals surface area contributed by atoms with Gasteiger partial charge in [-0.25, -0.2) is 0 Å². The van der Waals surface area contributed by atoms with Gasteiger partial charge in [-0.2, -0.15) is 0 Å². The number of hydrogen-bond donors (Lipinski definition) is 1. The highest BCUT2D eigenvalue weighted by molar-refractivity contribution is 4.88. The van der Waals surface area contributed by atoms with Crippen molar-refractivity contribution in [2.75, 3.05) is 13.6 Å². The predicted octanol–water partition coefficient (Wildman–Crippen LogP) is 3.74. The van der Waals surface area contributed by atoms with E-state index in [1.807, 2.05) is 0 Å². The molecule has 0 aromatic heterocycles. The van der Waals surface area contributed by atoms with Gasteiger partial charge in [0.2, 0.25) is 0 Å². The van der Waals surface area contributed by atoms with Crippen LogP contribution in [-0.4, -0.2) is 13.6 Å². The Morgan fingerprint density at radius 3 is 2.29 bits per heavy atom. The highest BCUT2D eigenvalue weighted by Crippen LogP contribution is 2.44. The van der Waals surface area contributed by atoms with Crippen molar-refractivity contribution < 1.29 is 0 Å². The van der Waals surface area contributed by atoms with Gasteiger partial charge < -0.3 is 5.32 Å². The average Bonchev–Trinajstić information content (AvgIpc) is 2.13. The third-order valence-corrected chi connectivity index (χ3v) is 3.78. The molecule has 1 N–H and O–H groups in total. The van der Waals surface area contributed by atoms with Crippen LogP contribution in [-0.2, 0) is 0 Å². The quantitative estimate of drug-likeness (QED) is 0.585. The van der Waals surface area contributed by atoms with Gasteiger partial charge in [-0.1, -0.05) is 45.4 Å². The Balaban J connectivity index is 2.03. The molecule has 1 saturated carbocycles. The van der Waals surface area contributed by atoms with E-state index in [1.165, 1.54) is 64.3 Å². The van der Waals surface area contributed by atoms with E-state index in [2.05, 4.69) is 19.3 Å². The molecule has 0 bridgehead atoms. The van der Waals surface area contributed by atoms with Gasteiger partial charge in [0.05, 0.1) is 0 Å². The molecule has 1 aliphatic carbocycles. The lowest BCUT2D eigenvalue weighted by Gasteiger charge is -2.42. The summed E-state index contributed by atoms with van der Waals surface area (Å²) in [6.45, 7) is 3.54. The third kappa shape index (κ3) is 3.61. The largest absolute Gasteiger partial charge is 0.319 e. The smallest absolute Gasteiger partial charge is 0.000480 e. The fraction of sp³-hybridized carbons (Fsp3) is 1.00. The summed E-state index contributed by atoms with van der Waals surface area (Å²) in [5, 5.41) is 3.36. The van der Waals surface area contributed by atoms with Crippen molar-refractivity contribution in [3.05, 3.63) is 0 Å². The normalized spacial score (nSPS) is 19.3. The maximum absolute atomic E-state index is 3.36. The van der Waals surface area contributed by atoms with E-state index >= 15 is 0 Å². The highest BCUT2D eigenvalue weighted by atomic mass is 14.8. The van der Waals surface area contributed by atoms with Crippen molar-refractivity contribution in [3.63, 3.8) is 0 Å². The first-order valence-electron chi connectivity index (χ1n) is 6.47. The molecule has 0 heterocycles. The van der Waals surface area contributed by atoms with Crippen molar-refractivity contribution in [2.24, 2.45) is 5.41 Å². The summed E-state index contributed by atoms with van der Waals surface area (Å²) in [7, 11) is 2.09. The molecular weight excluding hydrogens is 170 g/mol. The summed E-state index contributed by atoms with van der Waals surface area (Å²) in [6.07, 6.45) is 13.0. The molecule has 0 aromatic carbocycles. The van der Waals surface area contributed by atoms with Gasteiger partial charge in [0.1, 0.15) is 0 Å². The van der Waals surface area contributed by atoms with E-state index in [4.69, 9.17) is 0 Å². The minimum absolute atomic E-state index is 0.709. The first-order valence-corrected chi connectivity index (χ1v) is 6.47. The van der Waals surface area contributed by atoms with E-state index in [9.17, 15) is 0 Å². The highest BCUT2D eigenvalue weighted by Gasteiger charge is 2.35. The van der Waals surface area contributed by atoms with Crippen molar-refractivity contribution in [2.45, 2.75) is 64.7 Å². The Hall–Kier alpha value is -0.0400. The minimum atomic E-state index is 0.709. The van der Waals surface area contributed by atoms with Crippen LogP contribution in [0.3, 0.4) is 0 Å². The third-order valence-electron chi connectivity index (χ3n) is 3.78. The van der Waals surface area contributed by atoms with E-state index in [0.29, 0.717) is 5.41 Å². The predicted molar refractivity (Wildman–Crippen MR) is 63.6 cm³/mol. The zero-order chi connectivity index (χ0) is 10.3. The molecule has 1 rings (SSSR count). The maximum Gasteiger partial charge on any atom is 0.000480 e. The summed E-state index contributed by atoms with van der Waals surface area (Å²) in [4.78, 5) is 0. The molecule has 0 saturated heterocycles. The fourth-order valence-electron chi connectivity index (χ4n) is 2.67. The van der Waals surface area contributed by atoms with Crippen molar-refractivity contribution in [1.29, 1.82) is 0 Å². The SMILES string of the molecule is CCCCCCCC1(CNC)CCC1. The Morgan fingerprint density at radius 2 is 1.79 bits per heavy atom. The fourth-order valence-corrected chi connectivity index (χ4v) is 2.67. The first kappa shape index (κ1) is 12.0. The number of rotatable bonds is 8. The molecule has 0 unspecified atom stereocenters. The Morgan fingerprint density at radius 1 is 1.07 bits per heavy atom. The van der Waals surface area contributed by atoms with Crippen molar-refractivity contribution in [1.82, 2.24) is 5.32 Å². The van der Waals surface area contributed by atoms with Gasteiger partial charge in [0.15, 0.2) is 0 Å². The Labute approximate surface area is 89.7 Å². The van der Waals surface area contributed by atoms with Gasteiger partial charge in [0.25, 0.3) is 0 Å². The van der Waals surface area contributed by atoms with E-state index in [0.717, 1.165) is 0 Å². The van der Waals surface area contributed by atoms with Crippen LogP contribution in [0.1, 0.15) is 64.7 Å². The number of unbranched alkanes of at least 4 members (excludes halogenated alkanes) is 4. The monoisotopic (exact) mass is 197 g/mol. The Kier molecular flexibility index (Phi) is 5.54. The molecule has 0 radical (unpaired) electrons. The second kappa shape index (κ2) is 6.44. The zero-order valence-corrected chi connectivity index (χ0v) is 10.1. The molecular formula is C13H27N. The van der Waals surface area contributed by atoms with Crippen LogP contribution >= 0.6 is 0 Å². The minimum Gasteiger partial charge on any atom is -0.319 e. The lowest BCUT2D eigenvalue weighted by Crippen LogP contribution is -2.38. The lowest BCUT2D eigenvalue weighted by molar-refractivity contribution is 0.115. The van der Waals surface area contributed by atoms with Crippen molar-refractivity contribution in [3.8, 4) is 0 Å². The van der Waals surface area contributed by atoms with Crippen LogP contribution < -0.4 is 5.32 Å². The lowest BCUT2D eigenvalue weighted by atomic mass is 9.66. The van der Waals surface area contributed by atoms with Gasteiger partial charge in [-0.15, -0.1) is 0 Å². The summed E-state index contributed by atoms with van der Waals surface area (Å²) in [5.74, 6) is 0. The molecule has 84 valence electrons. The van der Waals surface area contributed by atoms with Gasteiger partial charge in [-0.05, 0) is 31.7 Å². The average molecular weight is 197 g/mol. The maximum atomic E-state index is 3.36. The Bertz CT molecular complexity index is 138. The van der Waals surface area contributed by atoms with Crippen LogP contribution in [0.5, 0.6) is 0 Å². The second-order valence-electron chi connectivity index (χ2n) is 5.05. The molecule has 0 spiro atoms. The summed E-state index contributed by atoms with van der Waals surface area (Å²) < 4.78 is 0. The second-order valence-corrected chi connectivity index (χ2v) is 5.05. The molecule has 1 nitrogen and oxygen atoms in total. The number of nitrogens with one attached hydrogen (secondary N) is 1. The number of hydrogen-bond acceptors (Lipinski definition) is 1. The van der Waals surface area contributed by atoms with E-state index in [-0.39, 0.29) is 0 Å². The molecule has 0 aromatic rings. The van der Waals surface area contributed by atoms with Gasteiger partial charge in [-0.3, -0.25) is 0 Å². The topological polar surface area (TPSA) is 12.0 Å². The van der Waals surface area contributed by atoms with E-state index in [1.54, 1.807) is 0 Å². The molecule has 1 heteroatoms. The zero-order valence-electron chi connectivity index (χ0n) is 10.1.